The van der Waals surface area contributed by atoms with E-state index in [2.05, 4.69) is 15.5 Å². The van der Waals surface area contributed by atoms with Gasteiger partial charge in [-0.3, -0.25) is 9.89 Å². The van der Waals surface area contributed by atoms with E-state index < -0.39 is 0 Å². The van der Waals surface area contributed by atoms with Crippen LogP contribution in [0.1, 0.15) is 29.8 Å². The van der Waals surface area contributed by atoms with Gasteiger partial charge in [0.1, 0.15) is 11.5 Å². The molecule has 2 saturated heterocycles. The van der Waals surface area contributed by atoms with Crippen molar-refractivity contribution in [1.82, 2.24) is 20.4 Å². The third kappa shape index (κ3) is 3.55. The normalized spacial score (nSPS) is 19.0. The SMILES string of the molecule is Cl.O=C(c1cc(-c2ccc(F)cc2)n[nH]1)N1CCC2(CCNC2)CC1. The minimum Gasteiger partial charge on any atom is -0.337 e. The van der Waals surface area contributed by atoms with Crippen LogP contribution in [0.2, 0.25) is 0 Å². The number of nitrogens with one attached hydrogen (secondary N) is 2. The van der Waals surface area contributed by atoms with E-state index in [1.165, 1.54) is 18.6 Å². The molecule has 0 atom stereocenters. The first-order valence-electron chi connectivity index (χ1n) is 8.47. The molecule has 2 aliphatic heterocycles. The number of nitrogens with zero attached hydrogens (tertiary/aromatic N) is 2. The molecule has 2 N–H and O–H groups in total. The lowest BCUT2D eigenvalue weighted by molar-refractivity contribution is 0.0602. The van der Waals surface area contributed by atoms with Crippen molar-refractivity contribution in [3.63, 3.8) is 0 Å². The Labute approximate surface area is 152 Å². The molecule has 0 bridgehead atoms. The highest BCUT2D eigenvalue weighted by atomic mass is 35.5. The van der Waals surface area contributed by atoms with E-state index >= 15 is 0 Å². The number of hydrogen-bond acceptors (Lipinski definition) is 3. The molecule has 4 rings (SSSR count). The highest BCUT2D eigenvalue weighted by Crippen LogP contribution is 2.37. The van der Waals surface area contributed by atoms with Crippen LogP contribution in [-0.2, 0) is 0 Å². The third-order valence-electron chi connectivity index (χ3n) is 5.39. The van der Waals surface area contributed by atoms with Gasteiger partial charge >= 0.3 is 0 Å². The van der Waals surface area contributed by atoms with Crippen LogP contribution < -0.4 is 5.32 Å². The Morgan fingerprint density at radius 1 is 1.16 bits per heavy atom. The molecule has 7 heteroatoms. The number of carbonyl (C=O) groups excluding carboxylic acids is 1. The highest BCUT2D eigenvalue weighted by Gasteiger charge is 2.38. The monoisotopic (exact) mass is 364 g/mol. The van der Waals surface area contributed by atoms with Gasteiger partial charge in [0, 0.05) is 25.2 Å². The summed E-state index contributed by atoms with van der Waals surface area (Å²) in [7, 11) is 0. The lowest BCUT2D eigenvalue weighted by atomic mass is 9.78. The maximum atomic E-state index is 13.0. The summed E-state index contributed by atoms with van der Waals surface area (Å²) < 4.78 is 13.0. The average Bonchev–Trinajstić information content (AvgIpc) is 3.26. The molecule has 5 nitrogen and oxygen atoms in total. The second kappa shape index (κ2) is 7.14. The van der Waals surface area contributed by atoms with Crippen molar-refractivity contribution in [3.8, 4) is 11.3 Å². The van der Waals surface area contributed by atoms with Gasteiger partial charge in [0.05, 0.1) is 5.69 Å². The van der Waals surface area contributed by atoms with Crippen LogP contribution in [0, 0.1) is 11.2 Å². The molecular formula is C18H22ClFN4O. The Morgan fingerprint density at radius 2 is 1.88 bits per heavy atom. The van der Waals surface area contributed by atoms with E-state index in [-0.39, 0.29) is 24.1 Å². The Kier molecular flexibility index (Phi) is 5.11. The van der Waals surface area contributed by atoms with Gasteiger partial charge in [-0.1, -0.05) is 0 Å². The smallest absolute Gasteiger partial charge is 0.271 e. The molecule has 0 aliphatic carbocycles. The molecule has 25 heavy (non-hydrogen) atoms. The van der Waals surface area contributed by atoms with E-state index in [0.717, 1.165) is 44.6 Å². The van der Waals surface area contributed by atoms with Crippen LogP contribution in [-0.4, -0.2) is 47.2 Å². The minimum atomic E-state index is -0.283. The summed E-state index contributed by atoms with van der Waals surface area (Å²) in [6, 6.07) is 7.86. The van der Waals surface area contributed by atoms with Crippen molar-refractivity contribution in [2.75, 3.05) is 26.2 Å². The zero-order valence-electron chi connectivity index (χ0n) is 13.9. The standard InChI is InChI=1S/C18H21FN4O.ClH/c19-14-3-1-13(2-4-14)15-11-16(22-21-15)17(24)23-9-6-18(7-10-23)5-8-20-12-18;/h1-4,11,20H,5-10,12H2,(H,21,22);1H. The van der Waals surface area contributed by atoms with Crippen molar-refractivity contribution >= 4 is 18.3 Å². The molecule has 0 saturated carbocycles. The second-order valence-electron chi connectivity index (χ2n) is 6.89. The number of aromatic amines is 1. The predicted molar refractivity (Wildman–Crippen MR) is 96.3 cm³/mol. The molecule has 1 aromatic carbocycles. The van der Waals surface area contributed by atoms with Gasteiger partial charge in [-0.2, -0.15) is 5.10 Å². The summed E-state index contributed by atoms with van der Waals surface area (Å²) in [5, 5.41) is 10.5. The quantitative estimate of drug-likeness (QED) is 0.861. The maximum absolute atomic E-state index is 13.0. The molecular weight excluding hydrogens is 343 g/mol. The van der Waals surface area contributed by atoms with Crippen LogP contribution in [0.15, 0.2) is 30.3 Å². The Balaban J connectivity index is 0.00000182. The average molecular weight is 365 g/mol. The van der Waals surface area contributed by atoms with Gasteiger partial charge in [0.25, 0.3) is 5.91 Å². The summed E-state index contributed by atoms with van der Waals surface area (Å²) in [5.41, 5.74) is 2.34. The molecule has 2 aromatic rings. The number of H-pyrrole nitrogens is 1. The first-order chi connectivity index (χ1) is 11.7. The van der Waals surface area contributed by atoms with E-state index in [1.807, 2.05) is 4.90 Å². The minimum absolute atomic E-state index is 0. The van der Waals surface area contributed by atoms with E-state index in [0.29, 0.717) is 16.8 Å². The Hall–Kier alpha value is -1.92. The largest absolute Gasteiger partial charge is 0.337 e. The molecule has 134 valence electrons. The van der Waals surface area contributed by atoms with Crippen molar-refractivity contribution in [2.24, 2.45) is 5.41 Å². The lowest BCUT2D eigenvalue weighted by Crippen LogP contribution is -2.44. The van der Waals surface area contributed by atoms with Gasteiger partial charge in [-0.05, 0) is 61.6 Å². The molecule has 1 spiro atoms. The zero-order chi connectivity index (χ0) is 16.6. The van der Waals surface area contributed by atoms with Crippen LogP contribution in [0.25, 0.3) is 11.3 Å². The van der Waals surface area contributed by atoms with Gasteiger partial charge in [0.15, 0.2) is 0 Å². The molecule has 2 aliphatic rings. The number of amides is 1. The first kappa shape index (κ1) is 17.9. The van der Waals surface area contributed by atoms with Crippen LogP contribution in [0.5, 0.6) is 0 Å². The Bertz CT molecular complexity index is 730. The van der Waals surface area contributed by atoms with Crippen LogP contribution in [0.3, 0.4) is 0 Å². The second-order valence-corrected chi connectivity index (χ2v) is 6.89. The Morgan fingerprint density at radius 3 is 2.52 bits per heavy atom. The number of benzene rings is 1. The van der Waals surface area contributed by atoms with E-state index in [4.69, 9.17) is 0 Å². The fourth-order valence-corrected chi connectivity index (χ4v) is 3.78. The summed E-state index contributed by atoms with van der Waals surface area (Å²) in [6.45, 7) is 3.76. The number of rotatable bonds is 2. The van der Waals surface area contributed by atoms with Gasteiger partial charge in [0.2, 0.25) is 0 Å². The van der Waals surface area contributed by atoms with Crippen LogP contribution in [0.4, 0.5) is 4.39 Å². The third-order valence-corrected chi connectivity index (χ3v) is 5.39. The zero-order valence-corrected chi connectivity index (χ0v) is 14.7. The van der Waals surface area contributed by atoms with Gasteiger partial charge in [-0.15, -0.1) is 12.4 Å². The fraction of sp³-hybridized carbons (Fsp3) is 0.444. The van der Waals surface area contributed by atoms with E-state index in [1.54, 1.807) is 18.2 Å². The van der Waals surface area contributed by atoms with Crippen molar-refractivity contribution < 1.29 is 9.18 Å². The van der Waals surface area contributed by atoms with Gasteiger partial charge in [-0.25, -0.2) is 4.39 Å². The lowest BCUT2D eigenvalue weighted by Gasteiger charge is -2.38. The van der Waals surface area contributed by atoms with Crippen molar-refractivity contribution in [1.29, 1.82) is 0 Å². The number of piperidine rings is 1. The number of carbonyl (C=O) groups is 1. The number of aromatic nitrogens is 2. The number of halogens is 2. The highest BCUT2D eigenvalue weighted by molar-refractivity contribution is 5.93. The molecule has 2 fully saturated rings. The number of likely N-dealkylation sites (tertiary alicyclic amines) is 1. The van der Waals surface area contributed by atoms with Crippen molar-refractivity contribution in [3.05, 3.63) is 41.8 Å². The molecule has 3 heterocycles. The fourth-order valence-electron chi connectivity index (χ4n) is 3.78. The molecule has 0 unspecified atom stereocenters. The predicted octanol–water partition coefficient (Wildman–Crippen LogP) is 2.85. The topological polar surface area (TPSA) is 61.0 Å². The molecule has 0 radical (unpaired) electrons. The maximum Gasteiger partial charge on any atom is 0.271 e. The van der Waals surface area contributed by atoms with E-state index in [9.17, 15) is 9.18 Å². The number of hydrogen-bond donors (Lipinski definition) is 2. The van der Waals surface area contributed by atoms with Crippen LogP contribution >= 0.6 is 12.4 Å². The van der Waals surface area contributed by atoms with Crippen molar-refractivity contribution in [2.45, 2.75) is 19.3 Å². The first-order valence-corrected chi connectivity index (χ1v) is 8.47. The van der Waals surface area contributed by atoms with Gasteiger partial charge < -0.3 is 10.2 Å². The summed E-state index contributed by atoms with van der Waals surface area (Å²) >= 11 is 0. The summed E-state index contributed by atoms with van der Waals surface area (Å²) in [6.07, 6.45) is 3.34. The molecule has 1 amide bonds. The molecule has 1 aromatic heterocycles. The summed E-state index contributed by atoms with van der Waals surface area (Å²) in [4.78, 5) is 14.6. The summed E-state index contributed by atoms with van der Waals surface area (Å²) in [5.74, 6) is -0.286.